The number of methoxy groups -OCH3 is 1. The Morgan fingerprint density at radius 2 is 2.07 bits per heavy atom. The Balaban J connectivity index is 2.50. The number of nitrogens with zero attached hydrogens (tertiary/aromatic N) is 1. The second kappa shape index (κ2) is 3.38. The largest absolute Gasteiger partial charge is 0.497 e. The summed E-state index contributed by atoms with van der Waals surface area (Å²) in [5.74, 6) is 0.239. The molecule has 0 spiro atoms. The van der Waals surface area contributed by atoms with Crippen molar-refractivity contribution in [2.45, 2.75) is 6.42 Å². The average Bonchev–Trinajstić information content (AvgIpc) is 2.25. The van der Waals surface area contributed by atoms with Gasteiger partial charge in [0.1, 0.15) is 5.75 Å². The first-order valence-electron chi connectivity index (χ1n) is 4.61. The van der Waals surface area contributed by atoms with Crippen molar-refractivity contribution in [2.24, 2.45) is 0 Å². The van der Waals surface area contributed by atoms with Crippen LogP contribution in [-0.2, 0) is 11.2 Å². The lowest BCUT2D eigenvalue weighted by atomic mass is 9.98. The van der Waals surface area contributed by atoms with Gasteiger partial charge in [0.15, 0.2) is 0 Å². The van der Waals surface area contributed by atoms with Crippen LogP contribution in [-0.4, -0.2) is 30.9 Å². The second-order valence-electron chi connectivity index (χ2n) is 3.46. The van der Waals surface area contributed by atoms with Crippen LogP contribution in [0.15, 0.2) is 18.2 Å². The standard InChI is InChI=1S/C11H11NO3/c1-12-10(13)6-7-5-8(15-2)3-4-9(7)11(12)14/h3-5H,6H2,1-2H3. The number of carbonyl (C=O) groups is 2. The van der Waals surface area contributed by atoms with Gasteiger partial charge in [0.05, 0.1) is 13.5 Å². The molecule has 0 saturated heterocycles. The van der Waals surface area contributed by atoms with Gasteiger partial charge in [-0.3, -0.25) is 14.5 Å². The van der Waals surface area contributed by atoms with E-state index in [0.717, 1.165) is 10.5 Å². The number of imide groups is 1. The first-order valence-corrected chi connectivity index (χ1v) is 4.61. The fourth-order valence-corrected chi connectivity index (χ4v) is 1.63. The third-order valence-electron chi connectivity index (χ3n) is 2.56. The number of rotatable bonds is 1. The maximum atomic E-state index is 11.7. The smallest absolute Gasteiger partial charge is 0.260 e. The van der Waals surface area contributed by atoms with Gasteiger partial charge in [0.2, 0.25) is 5.91 Å². The van der Waals surface area contributed by atoms with Crippen LogP contribution >= 0.6 is 0 Å². The molecule has 0 saturated carbocycles. The highest BCUT2D eigenvalue weighted by atomic mass is 16.5. The number of hydrogen-bond acceptors (Lipinski definition) is 3. The SMILES string of the molecule is COc1ccc2c(c1)CC(=O)N(C)C2=O. The summed E-state index contributed by atoms with van der Waals surface area (Å²) in [6, 6.07) is 5.15. The lowest BCUT2D eigenvalue weighted by Gasteiger charge is -2.23. The van der Waals surface area contributed by atoms with E-state index in [2.05, 4.69) is 0 Å². The second-order valence-corrected chi connectivity index (χ2v) is 3.46. The first-order chi connectivity index (χ1) is 7.13. The fraction of sp³-hybridized carbons (Fsp3) is 0.273. The van der Waals surface area contributed by atoms with Gasteiger partial charge < -0.3 is 4.74 Å². The molecule has 0 aromatic heterocycles. The van der Waals surface area contributed by atoms with Crippen molar-refractivity contribution in [1.82, 2.24) is 4.90 Å². The predicted octanol–water partition coefficient (Wildman–Crippen LogP) is 0.850. The van der Waals surface area contributed by atoms with Crippen LogP contribution in [0.25, 0.3) is 0 Å². The predicted molar refractivity (Wildman–Crippen MR) is 53.8 cm³/mol. The molecule has 15 heavy (non-hydrogen) atoms. The molecule has 2 amide bonds. The number of likely N-dealkylation sites (N-methyl/N-ethyl adjacent to an activating group) is 1. The average molecular weight is 205 g/mol. The zero-order chi connectivity index (χ0) is 11.0. The highest BCUT2D eigenvalue weighted by molar-refractivity contribution is 6.09. The molecule has 0 radical (unpaired) electrons. The Hall–Kier alpha value is -1.84. The minimum Gasteiger partial charge on any atom is -0.497 e. The molecule has 1 aromatic rings. The van der Waals surface area contributed by atoms with Gasteiger partial charge in [0.25, 0.3) is 5.91 Å². The summed E-state index contributed by atoms with van der Waals surface area (Å²) < 4.78 is 5.04. The molecule has 1 aromatic carbocycles. The van der Waals surface area contributed by atoms with E-state index in [4.69, 9.17) is 4.74 Å². The summed E-state index contributed by atoms with van der Waals surface area (Å²) in [5.41, 5.74) is 1.32. The summed E-state index contributed by atoms with van der Waals surface area (Å²) >= 11 is 0. The Labute approximate surface area is 87.4 Å². The minimum absolute atomic E-state index is 0.180. The van der Waals surface area contributed by atoms with Crippen molar-refractivity contribution in [3.05, 3.63) is 29.3 Å². The number of ether oxygens (including phenoxy) is 1. The fourth-order valence-electron chi connectivity index (χ4n) is 1.63. The van der Waals surface area contributed by atoms with Crippen LogP contribution in [0, 0.1) is 0 Å². The van der Waals surface area contributed by atoms with Crippen molar-refractivity contribution < 1.29 is 14.3 Å². The lowest BCUT2D eigenvalue weighted by molar-refractivity contribution is -0.127. The monoisotopic (exact) mass is 205 g/mol. The summed E-state index contributed by atoms with van der Waals surface area (Å²) in [6.07, 6.45) is 0.259. The van der Waals surface area contributed by atoms with Crippen molar-refractivity contribution in [2.75, 3.05) is 14.2 Å². The minimum atomic E-state index is -0.246. The van der Waals surface area contributed by atoms with E-state index < -0.39 is 0 Å². The molecule has 4 nitrogen and oxygen atoms in total. The topological polar surface area (TPSA) is 46.6 Å². The molecule has 0 aliphatic carbocycles. The molecule has 0 fully saturated rings. The van der Waals surface area contributed by atoms with Gasteiger partial charge in [-0.2, -0.15) is 0 Å². The quantitative estimate of drug-likeness (QED) is 0.638. The van der Waals surface area contributed by atoms with Crippen LogP contribution < -0.4 is 4.74 Å². The van der Waals surface area contributed by atoms with E-state index in [1.54, 1.807) is 25.3 Å². The molecule has 2 rings (SSSR count). The van der Waals surface area contributed by atoms with Gasteiger partial charge in [-0.1, -0.05) is 0 Å². The maximum Gasteiger partial charge on any atom is 0.260 e. The molecule has 0 N–H and O–H groups in total. The van der Waals surface area contributed by atoms with Crippen molar-refractivity contribution in [3.8, 4) is 5.75 Å². The van der Waals surface area contributed by atoms with E-state index in [-0.39, 0.29) is 18.2 Å². The highest BCUT2D eigenvalue weighted by Crippen LogP contribution is 2.23. The van der Waals surface area contributed by atoms with Crippen LogP contribution in [0.1, 0.15) is 15.9 Å². The molecule has 0 atom stereocenters. The number of carbonyl (C=O) groups excluding carboxylic acids is 2. The van der Waals surface area contributed by atoms with E-state index in [9.17, 15) is 9.59 Å². The molecule has 78 valence electrons. The van der Waals surface area contributed by atoms with Crippen LogP contribution in [0.4, 0.5) is 0 Å². The van der Waals surface area contributed by atoms with Gasteiger partial charge in [-0.05, 0) is 23.8 Å². The Kier molecular flexibility index (Phi) is 2.19. The Morgan fingerprint density at radius 1 is 1.33 bits per heavy atom. The molecular formula is C11H11NO3. The number of amides is 2. The molecular weight excluding hydrogens is 194 g/mol. The molecule has 0 unspecified atom stereocenters. The summed E-state index contributed by atoms with van der Waals surface area (Å²) in [5, 5.41) is 0. The zero-order valence-electron chi connectivity index (χ0n) is 8.61. The van der Waals surface area contributed by atoms with Crippen LogP contribution in [0.2, 0.25) is 0 Å². The lowest BCUT2D eigenvalue weighted by Crippen LogP contribution is -2.39. The molecule has 1 heterocycles. The van der Waals surface area contributed by atoms with Crippen molar-refractivity contribution in [3.63, 3.8) is 0 Å². The van der Waals surface area contributed by atoms with Gasteiger partial charge in [-0.15, -0.1) is 0 Å². The van der Waals surface area contributed by atoms with Crippen LogP contribution in [0.3, 0.4) is 0 Å². The molecule has 4 heteroatoms. The third kappa shape index (κ3) is 1.48. The zero-order valence-corrected chi connectivity index (χ0v) is 8.61. The highest BCUT2D eigenvalue weighted by Gasteiger charge is 2.27. The van der Waals surface area contributed by atoms with E-state index in [1.807, 2.05) is 0 Å². The van der Waals surface area contributed by atoms with Gasteiger partial charge in [-0.25, -0.2) is 0 Å². The van der Waals surface area contributed by atoms with Gasteiger partial charge >= 0.3 is 0 Å². The van der Waals surface area contributed by atoms with E-state index in [1.165, 1.54) is 7.05 Å². The normalized spacial score (nSPS) is 15.2. The molecule has 1 aliphatic rings. The molecule has 1 aliphatic heterocycles. The third-order valence-corrected chi connectivity index (χ3v) is 2.56. The van der Waals surface area contributed by atoms with E-state index >= 15 is 0 Å². The van der Waals surface area contributed by atoms with Crippen LogP contribution in [0.5, 0.6) is 5.75 Å². The van der Waals surface area contributed by atoms with E-state index in [0.29, 0.717) is 11.3 Å². The summed E-state index contributed by atoms with van der Waals surface area (Å²) in [6.45, 7) is 0. The number of benzene rings is 1. The molecule has 0 bridgehead atoms. The Bertz CT molecular complexity index is 439. The van der Waals surface area contributed by atoms with Crippen molar-refractivity contribution >= 4 is 11.8 Å². The maximum absolute atomic E-state index is 11.7. The summed E-state index contributed by atoms with van der Waals surface area (Å²) in [4.78, 5) is 24.3. The van der Waals surface area contributed by atoms with Crippen molar-refractivity contribution in [1.29, 1.82) is 0 Å². The first kappa shape index (κ1) is 9.71. The Morgan fingerprint density at radius 3 is 2.73 bits per heavy atom. The number of hydrogen-bond donors (Lipinski definition) is 0. The number of fused-ring (bicyclic) bond motifs is 1. The van der Waals surface area contributed by atoms with Gasteiger partial charge in [0, 0.05) is 12.6 Å². The summed E-state index contributed by atoms with van der Waals surface area (Å²) in [7, 11) is 3.05.